The Morgan fingerprint density at radius 2 is 2.38 bits per heavy atom. The number of nitrogens with zero attached hydrogens (tertiary/aromatic N) is 3. The highest BCUT2D eigenvalue weighted by atomic mass is 35.5. The van der Waals surface area contributed by atoms with Crippen LogP contribution in [0, 0.1) is 6.92 Å². The number of aliphatic hydroxyl groups excluding tert-OH is 1. The zero-order valence-electron chi connectivity index (χ0n) is 13.3. The first kappa shape index (κ1) is 17.3. The van der Waals surface area contributed by atoms with Crippen LogP contribution in [0.2, 0.25) is 5.15 Å². The molecule has 2 aromatic heterocycles. The highest BCUT2D eigenvalue weighted by Crippen LogP contribution is 2.27. The molecular weight excluding hydrogens is 348 g/mol. The maximum absolute atomic E-state index is 12.0. The highest BCUT2D eigenvalue weighted by molar-refractivity contribution is 7.10. The molecule has 128 valence electrons. The van der Waals surface area contributed by atoms with Crippen molar-refractivity contribution in [3.8, 4) is 0 Å². The number of β-amino-alcohol motifs (C(OH)–C–C–N with tert-alkyl or cyclic N) is 1. The molecule has 0 spiro atoms. The van der Waals surface area contributed by atoms with E-state index in [2.05, 4.69) is 32.5 Å². The lowest BCUT2D eigenvalue weighted by molar-refractivity contribution is 0.0838. The Morgan fingerprint density at radius 3 is 3.17 bits per heavy atom. The summed E-state index contributed by atoms with van der Waals surface area (Å²) in [7, 11) is 0. The molecule has 3 rings (SSSR count). The minimum Gasteiger partial charge on any atom is -0.390 e. The van der Waals surface area contributed by atoms with Gasteiger partial charge in [0.15, 0.2) is 0 Å². The van der Waals surface area contributed by atoms with Crippen LogP contribution >= 0.6 is 22.9 Å². The number of nitrogens with one attached hydrogen (secondary N) is 1. The summed E-state index contributed by atoms with van der Waals surface area (Å²) >= 11 is 7.56. The van der Waals surface area contributed by atoms with E-state index in [0.717, 1.165) is 19.5 Å². The molecule has 0 saturated heterocycles. The van der Waals surface area contributed by atoms with E-state index in [1.807, 2.05) is 11.3 Å². The summed E-state index contributed by atoms with van der Waals surface area (Å²) in [5.41, 5.74) is 2.90. The summed E-state index contributed by atoms with van der Waals surface area (Å²) in [6, 6.07) is 1.40. The van der Waals surface area contributed by atoms with E-state index in [-0.39, 0.29) is 23.3 Å². The molecule has 0 saturated carbocycles. The fraction of sp³-hybridized carbons (Fsp3) is 0.438. The van der Waals surface area contributed by atoms with Crippen LogP contribution in [0.25, 0.3) is 0 Å². The van der Waals surface area contributed by atoms with E-state index in [1.54, 1.807) is 0 Å². The lowest BCUT2D eigenvalue weighted by Gasteiger charge is -2.29. The molecule has 0 aromatic carbocycles. The molecule has 1 unspecified atom stereocenters. The Kier molecular flexibility index (Phi) is 5.45. The van der Waals surface area contributed by atoms with Gasteiger partial charge in [0.1, 0.15) is 17.2 Å². The van der Waals surface area contributed by atoms with Gasteiger partial charge in [-0.3, -0.25) is 9.69 Å². The topological polar surface area (TPSA) is 78.4 Å². The van der Waals surface area contributed by atoms with E-state index >= 15 is 0 Å². The van der Waals surface area contributed by atoms with Crippen molar-refractivity contribution in [2.75, 3.05) is 19.6 Å². The Hall–Kier alpha value is -1.54. The van der Waals surface area contributed by atoms with Crippen molar-refractivity contribution in [3.05, 3.63) is 44.6 Å². The molecule has 1 amide bonds. The van der Waals surface area contributed by atoms with Gasteiger partial charge in [0.25, 0.3) is 5.91 Å². The second-order valence-electron chi connectivity index (χ2n) is 5.90. The Labute approximate surface area is 149 Å². The number of aliphatic hydroxyl groups is 1. The van der Waals surface area contributed by atoms with Gasteiger partial charge in [-0.05, 0) is 29.9 Å². The standard InChI is InChI=1S/C16H19ClN4O2S/c1-10-8-24-14-2-3-21(7-12(10)14)6-11(22)5-18-16(23)13-4-15(17)20-9-19-13/h4,8-9,11,22H,2-3,5-7H2,1H3,(H,18,23). The minimum atomic E-state index is -0.633. The largest absolute Gasteiger partial charge is 0.390 e. The van der Waals surface area contributed by atoms with E-state index in [0.29, 0.717) is 6.54 Å². The molecule has 24 heavy (non-hydrogen) atoms. The minimum absolute atomic E-state index is 0.173. The predicted octanol–water partition coefficient (Wildman–Crippen LogP) is 1.65. The van der Waals surface area contributed by atoms with Crippen molar-refractivity contribution >= 4 is 28.8 Å². The average Bonchev–Trinajstić information content (AvgIpc) is 2.93. The second kappa shape index (κ2) is 7.57. The Morgan fingerprint density at radius 1 is 1.54 bits per heavy atom. The quantitative estimate of drug-likeness (QED) is 0.787. The zero-order chi connectivity index (χ0) is 17.1. The van der Waals surface area contributed by atoms with Gasteiger partial charge >= 0.3 is 0 Å². The van der Waals surface area contributed by atoms with Gasteiger partial charge < -0.3 is 10.4 Å². The molecule has 1 atom stereocenters. The Bertz CT molecular complexity index is 737. The molecule has 2 aromatic rings. The first-order chi connectivity index (χ1) is 11.5. The lowest BCUT2D eigenvalue weighted by atomic mass is 10.1. The number of hydrogen-bond acceptors (Lipinski definition) is 6. The molecule has 3 heterocycles. The second-order valence-corrected chi connectivity index (χ2v) is 7.25. The van der Waals surface area contributed by atoms with Gasteiger partial charge in [0.05, 0.1) is 6.10 Å². The van der Waals surface area contributed by atoms with Crippen LogP contribution in [0.15, 0.2) is 17.8 Å². The van der Waals surface area contributed by atoms with Crippen molar-refractivity contribution in [2.24, 2.45) is 0 Å². The first-order valence-corrected chi connectivity index (χ1v) is 9.00. The number of aromatic nitrogens is 2. The fourth-order valence-electron chi connectivity index (χ4n) is 2.78. The van der Waals surface area contributed by atoms with Crippen molar-refractivity contribution in [3.63, 3.8) is 0 Å². The SMILES string of the molecule is Cc1csc2c1CN(CC(O)CNC(=O)c1cc(Cl)ncn1)CC2. The van der Waals surface area contributed by atoms with Crippen LogP contribution in [0.4, 0.5) is 0 Å². The molecule has 6 nitrogen and oxygen atoms in total. The van der Waals surface area contributed by atoms with Crippen molar-refractivity contribution in [2.45, 2.75) is 26.0 Å². The number of rotatable bonds is 5. The predicted molar refractivity (Wildman–Crippen MR) is 93.4 cm³/mol. The van der Waals surface area contributed by atoms with Crippen LogP contribution in [-0.4, -0.2) is 51.6 Å². The normalized spacial score (nSPS) is 15.8. The molecule has 0 bridgehead atoms. The van der Waals surface area contributed by atoms with Crippen LogP contribution in [-0.2, 0) is 13.0 Å². The van der Waals surface area contributed by atoms with E-state index < -0.39 is 6.10 Å². The maximum Gasteiger partial charge on any atom is 0.270 e. The molecule has 1 aliphatic heterocycles. The summed E-state index contributed by atoms with van der Waals surface area (Å²) in [6.45, 7) is 4.62. The van der Waals surface area contributed by atoms with E-state index in [4.69, 9.17) is 11.6 Å². The summed E-state index contributed by atoms with van der Waals surface area (Å²) in [4.78, 5) is 23.3. The number of carbonyl (C=O) groups is 1. The van der Waals surface area contributed by atoms with E-state index in [9.17, 15) is 9.90 Å². The van der Waals surface area contributed by atoms with Gasteiger partial charge in [-0.25, -0.2) is 9.97 Å². The molecular formula is C16H19ClN4O2S. The average molecular weight is 367 g/mol. The van der Waals surface area contributed by atoms with Gasteiger partial charge in [0.2, 0.25) is 0 Å². The number of thiophene rings is 1. The monoisotopic (exact) mass is 366 g/mol. The Balaban J connectivity index is 1.49. The summed E-state index contributed by atoms with van der Waals surface area (Å²) in [6.07, 6.45) is 1.63. The van der Waals surface area contributed by atoms with Gasteiger partial charge in [-0.15, -0.1) is 11.3 Å². The van der Waals surface area contributed by atoms with Gasteiger partial charge in [0, 0.05) is 37.1 Å². The van der Waals surface area contributed by atoms with E-state index in [1.165, 1.54) is 28.4 Å². The molecule has 1 aliphatic rings. The summed E-state index contributed by atoms with van der Waals surface area (Å²) in [5.74, 6) is -0.368. The molecule has 0 radical (unpaired) electrons. The van der Waals surface area contributed by atoms with Gasteiger partial charge in [-0.2, -0.15) is 0 Å². The molecule has 2 N–H and O–H groups in total. The van der Waals surface area contributed by atoms with Crippen LogP contribution in [0.5, 0.6) is 0 Å². The van der Waals surface area contributed by atoms with Gasteiger partial charge in [-0.1, -0.05) is 11.6 Å². The maximum atomic E-state index is 12.0. The third-order valence-electron chi connectivity index (χ3n) is 4.06. The zero-order valence-corrected chi connectivity index (χ0v) is 14.9. The van der Waals surface area contributed by atoms with Crippen LogP contribution < -0.4 is 5.32 Å². The smallest absolute Gasteiger partial charge is 0.270 e. The van der Waals surface area contributed by atoms with Crippen LogP contribution in [0.1, 0.15) is 26.5 Å². The van der Waals surface area contributed by atoms with Crippen molar-refractivity contribution in [1.82, 2.24) is 20.2 Å². The molecule has 0 aliphatic carbocycles. The lowest BCUT2D eigenvalue weighted by Crippen LogP contribution is -2.42. The third kappa shape index (κ3) is 4.10. The number of amides is 1. The van der Waals surface area contributed by atoms with Crippen LogP contribution in [0.3, 0.4) is 0 Å². The number of carbonyl (C=O) groups excluding carboxylic acids is 1. The number of halogens is 1. The first-order valence-electron chi connectivity index (χ1n) is 7.75. The number of fused-ring (bicyclic) bond motifs is 1. The van der Waals surface area contributed by atoms with Crippen molar-refractivity contribution < 1.29 is 9.90 Å². The highest BCUT2D eigenvalue weighted by Gasteiger charge is 2.21. The summed E-state index contributed by atoms with van der Waals surface area (Å²) in [5, 5.41) is 15.3. The van der Waals surface area contributed by atoms with Crippen molar-refractivity contribution in [1.29, 1.82) is 0 Å². The molecule has 0 fully saturated rings. The number of hydrogen-bond donors (Lipinski definition) is 2. The third-order valence-corrected chi connectivity index (χ3v) is 5.47. The fourth-order valence-corrected chi connectivity index (χ4v) is 3.97. The number of aryl methyl sites for hydroxylation is 1. The summed E-state index contributed by atoms with van der Waals surface area (Å²) < 4.78 is 0. The molecule has 8 heteroatoms.